The van der Waals surface area contributed by atoms with Gasteiger partial charge in [-0.25, -0.2) is 4.98 Å². The summed E-state index contributed by atoms with van der Waals surface area (Å²) in [7, 11) is 0. The number of rotatable bonds is 9. The number of nitrogens with one attached hydrogen (secondary N) is 1. The topological polar surface area (TPSA) is 67.2 Å². The molecule has 170 valence electrons. The van der Waals surface area contributed by atoms with Crippen LogP contribution in [0.1, 0.15) is 44.6 Å². The Morgan fingerprint density at radius 3 is 2.34 bits per heavy atom. The minimum Gasteiger partial charge on any atom is -0.355 e. The summed E-state index contributed by atoms with van der Waals surface area (Å²) in [5.41, 5.74) is 3.95. The van der Waals surface area contributed by atoms with Crippen molar-refractivity contribution in [2.75, 3.05) is 6.54 Å². The van der Waals surface area contributed by atoms with Crippen molar-refractivity contribution in [2.24, 2.45) is 0 Å². The molecule has 0 aliphatic rings. The second-order valence-corrected chi connectivity index (χ2v) is 8.79. The molecule has 0 radical (unpaired) electrons. The molecule has 6 heteroatoms. The summed E-state index contributed by atoms with van der Waals surface area (Å²) < 4.78 is 1.99. The summed E-state index contributed by atoms with van der Waals surface area (Å²) in [4.78, 5) is 32.2. The quantitative estimate of drug-likeness (QED) is 0.556. The number of amides is 2. The molecule has 2 aromatic carbocycles. The van der Waals surface area contributed by atoms with E-state index in [-0.39, 0.29) is 30.4 Å². The molecule has 6 nitrogen and oxygen atoms in total. The van der Waals surface area contributed by atoms with Gasteiger partial charge in [-0.15, -0.1) is 0 Å². The summed E-state index contributed by atoms with van der Waals surface area (Å²) in [5.74, 6) is 0.870. The molecule has 3 aromatic rings. The number of para-hydroxylation sites is 2. The molecule has 0 aliphatic carbocycles. The Morgan fingerprint density at radius 1 is 1.00 bits per heavy atom. The van der Waals surface area contributed by atoms with Crippen LogP contribution < -0.4 is 5.32 Å². The number of benzene rings is 2. The third kappa shape index (κ3) is 5.55. The second-order valence-electron chi connectivity index (χ2n) is 8.79. The molecule has 0 aliphatic heterocycles. The maximum absolute atomic E-state index is 13.1. The van der Waals surface area contributed by atoms with Crippen LogP contribution in [0.25, 0.3) is 11.0 Å². The van der Waals surface area contributed by atoms with Crippen LogP contribution in [-0.4, -0.2) is 44.9 Å². The number of aromatic nitrogens is 2. The van der Waals surface area contributed by atoms with Gasteiger partial charge in [0.25, 0.3) is 0 Å². The summed E-state index contributed by atoms with van der Waals surface area (Å²) in [6.07, 6.45) is 0.921. The first-order valence-electron chi connectivity index (χ1n) is 11.3. The number of hydrogen-bond acceptors (Lipinski definition) is 3. The fraction of sp³-hybridized carbons (Fsp3) is 0.423. The first-order chi connectivity index (χ1) is 15.3. The van der Waals surface area contributed by atoms with Gasteiger partial charge in [0.15, 0.2) is 0 Å². The Hall–Kier alpha value is -3.15. The third-order valence-electron chi connectivity index (χ3n) is 5.71. The van der Waals surface area contributed by atoms with Crippen molar-refractivity contribution >= 4 is 22.8 Å². The van der Waals surface area contributed by atoms with Crippen LogP contribution in [0.5, 0.6) is 0 Å². The van der Waals surface area contributed by atoms with E-state index in [0.717, 1.165) is 28.0 Å². The number of nitrogens with zero attached hydrogens (tertiary/aromatic N) is 3. The van der Waals surface area contributed by atoms with E-state index in [0.29, 0.717) is 19.4 Å². The van der Waals surface area contributed by atoms with Gasteiger partial charge in [-0.2, -0.15) is 0 Å². The normalized spacial score (nSPS) is 11.3. The van der Waals surface area contributed by atoms with Crippen LogP contribution in [0.2, 0.25) is 0 Å². The SMILES string of the molecule is Cc1ccccc1CC(=O)NCCc1nc2ccccc2n1CC(=O)N(C(C)C)C(C)C. The lowest BCUT2D eigenvalue weighted by Crippen LogP contribution is -2.43. The molecule has 1 heterocycles. The highest BCUT2D eigenvalue weighted by atomic mass is 16.2. The first-order valence-corrected chi connectivity index (χ1v) is 11.3. The molecule has 0 unspecified atom stereocenters. The third-order valence-corrected chi connectivity index (χ3v) is 5.71. The minimum atomic E-state index is -0.0103. The molecule has 0 saturated carbocycles. The van der Waals surface area contributed by atoms with Crippen molar-refractivity contribution in [3.8, 4) is 0 Å². The van der Waals surface area contributed by atoms with Gasteiger partial charge in [-0.05, 0) is 57.9 Å². The molecule has 32 heavy (non-hydrogen) atoms. The number of carbonyl (C=O) groups excluding carboxylic acids is 2. The molecular formula is C26H34N4O2. The number of hydrogen-bond donors (Lipinski definition) is 1. The summed E-state index contributed by atoms with van der Waals surface area (Å²) in [6.45, 7) is 10.9. The van der Waals surface area contributed by atoms with E-state index in [1.807, 2.05) is 92.6 Å². The molecule has 0 saturated heterocycles. The zero-order chi connectivity index (χ0) is 23.3. The highest BCUT2D eigenvalue weighted by molar-refractivity contribution is 5.82. The van der Waals surface area contributed by atoms with E-state index in [9.17, 15) is 9.59 Å². The van der Waals surface area contributed by atoms with E-state index < -0.39 is 0 Å². The Morgan fingerprint density at radius 2 is 1.66 bits per heavy atom. The zero-order valence-electron chi connectivity index (χ0n) is 19.8. The molecule has 0 atom stereocenters. The lowest BCUT2D eigenvalue weighted by molar-refractivity contribution is -0.135. The van der Waals surface area contributed by atoms with Gasteiger partial charge in [0, 0.05) is 25.0 Å². The smallest absolute Gasteiger partial charge is 0.243 e. The Labute approximate surface area is 190 Å². The molecule has 1 N–H and O–H groups in total. The van der Waals surface area contributed by atoms with Crippen LogP contribution in [0.15, 0.2) is 48.5 Å². The van der Waals surface area contributed by atoms with Crippen molar-refractivity contribution < 1.29 is 9.59 Å². The van der Waals surface area contributed by atoms with Gasteiger partial charge in [0.1, 0.15) is 12.4 Å². The number of carbonyl (C=O) groups is 2. The Kier molecular flexibility index (Phi) is 7.67. The highest BCUT2D eigenvalue weighted by Gasteiger charge is 2.22. The number of aryl methyl sites for hydroxylation is 1. The summed E-state index contributed by atoms with van der Waals surface area (Å²) in [6, 6.07) is 16.0. The van der Waals surface area contributed by atoms with Crippen LogP contribution in [0, 0.1) is 6.92 Å². The van der Waals surface area contributed by atoms with Crippen LogP contribution in [-0.2, 0) is 29.0 Å². The van der Waals surface area contributed by atoms with Gasteiger partial charge in [-0.1, -0.05) is 36.4 Å². The van der Waals surface area contributed by atoms with E-state index in [4.69, 9.17) is 4.98 Å². The molecule has 1 aromatic heterocycles. The van der Waals surface area contributed by atoms with E-state index in [1.165, 1.54) is 0 Å². The van der Waals surface area contributed by atoms with Crippen molar-refractivity contribution in [1.29, 1.82) is 0 Å². The molecular weight excluding hydrogens is 400 g/mol. The van der Waals surface area contributed by atoms with Crippen molar-refractivity contribution in [3.63, 3.8) is 0 Å². The minimum absolute atomic E-state index is 0.0103. The first kappa shape index (κ1) is 23.5. The van der Waals surface area contributed by atoms with Crippen LogP contribution in [0.3, 0.4) is 0 Å². The monoisotopic (exact) mass is 434 g/mol. The second kappa shape index (κ2) is 10.4. The van der Waals surface area contributed by atoms with Crippen molar-refractivity contribution in [2.45, 2.75) is 66.1 Å². The molecule has 0 bridgehead atoms. The van der Waals surface area contributed by atoms with E-state index in [1.54, 1.807) is 0 Å². The average molecular weight is 435 g/mol. The lowest BCUT2D eigenvalue weighted by atomic mass is 10.1. The summed E-state index contributed by atoms with van der Waals surface area (Å²) >= 11 is 0. The molecule has 3 rings (SSSR count). The zero-order valence-corrected chi connectivity index (χ0v) is 19.8. The fourth-order valence-corrected chi connectivity index (χ4v) is 4.24. The van der Waals surface area contributed by atoms with Crippen LogP contribution >= 0.6 is 0 Å². The summed E-state index contributed by atoms with van der Waals surface area (Å²) in [5, 5.41) is 3.00. The fourth-order valence-electron chi connectivity index (χ4n) is 4.24. The number of fused-ring (bicyclic) bond motifs is 1. The van der Waals surface area contributed by atoms with Crippen molar-refractivity contribution in [3.05, 3.63) is 65.5 Å². The van der Waals surface area contributed by atoms with Gasteiger partial charge >= 0.3 is 0 Å². The number of imidazole rings is 1. The molecule has 0 spiro atoms. The standard InChI is InChI=1S/C26H34N4O2/c1-18(2)30(19(3)4)26(32)17-29-23-13-9-8-12-22(23)28-24(29)14-15-27-25(31)16-21-11-7-6-10-20(21)5/h6-13,18-19H,14-17H2,1-5H3,(H,27,31). The van der Waals surface area contributed by atoms with E-state index >= 15 is 0 Å². The van der Waals surface area contributed by atoms with E-state index in [2.05, 4.69) is 5.32 Å². The van der Waals surface area contributed by atoms with Gasteiger partial charge in [-0.3, -0.25) is 9.59 Å². The lowest BCUT2D eigenvalue weighted by Gasteiger charge is -2.31. The molecule has 0 fully saturated rings. The van der Waals surface area contributed by atoms with Crippen molar-refractivity contribution in [1.82, 2.24) is 19.8 Å². The predicted octanol–water partition coefficient (Wildman–Crippen LogP) is 3.89. The maximum Gasteiger partial charge on any atom is 0.243 e. The van der Waals surface area contributed by atoms with Crippen LogP contribution in [0.4, 0.5) is 0 Å². The predicted molar refractivity (Wildman–Crippen MR) is 128 cm³/mol. The molecule has 2 amide bonds. The van der Waals surface area contributed by atoms with Gasteiger partial charge in [0.05, 0.1) is 17.5 Å². The Bertz CT molecular complexity index is 1080. The largest absolute Gasteiger partial charge is 0.355 e. The Balaban J connectivity index is 1.72. The van der Waals surface area contributed by atoms with Gasteiger partial charge < -0.3 is 14.8 Å². The van der Waals surface area contributed by atoms with Gasteiger partial charge in [0.2, 0.25) is 11.8 Å². The average Bonchev–Trinajstić information content (AvgIpc) is 3.06. The highest BCUT2D eigenvalue weighted by Crippen LogP contribution is 2.18. The maximum atomic E-state index is 13.1.